The van der Waals surface area contributed by atoms with Crippen molar-refractivity contribution in [1.82, 2.24) is 4.90 Å². The van der Waals surface area contributed by atoms with Gasteiger partial charge in [0.05, 0.1) is 0 Å². The Balaban J connectivity index is 2.80. The maximum Gasteiger partial charge on any atom is 0.407 e. The Morgan fingerprint density at radius 2 is 2.07 bits per heavy atom. The minimum Gasteiger partial charge on any atom is -0.465 e. The van der Waals surface area contributed by atoms with Gasteiger partial charge in [0.25, 0.3) is 0 Å². The van der Waals surface area contributed by atoms with Gasteiger partial charge in [-0.3, -0.25) is 4.79 Å². The van der Waals surface area contributed by atoms with Crippen molar-refractivity contribution < 1.29 is 14.7 Å². The molecule has 0 aromatic carbocycles. The topological polar surface area (TPSA) is 57.6 Å². The average molecular weight is 213 g/mol. The molecule has 0 heterocycles. The molecule has 0 aromatic heterocycles. The zero-order chi connectivity index (χ0) is 11.6. The van der Waals surface area contributed by atoms with E-state index in [9.17, 15) is 9.59 Å². The maximum absolute atomic E-state index is 11.3. The number of rotatable bonds is 1. The summed E-state index contributed by atoms with van der Waals surface area (Å²) < 4.78 is 0. The van der Waals surface area contributed by atoms with Gasteiger partial charge in [0.2, 0.25) is 0 Å². The molecule has 1 aliphatic carbocycles. The predicted molar refractivity (Wildman–Crippen MR) is 56.9 cm³/mol. The fourth-order valence-electron chi connectivity index (χ4n) is 2.21. The van der Waals surface area contributed by atoms with Crippen LogP contribution in [-0.2, 0) is 4.79 Å². The van der Waals surface area contributed by atoms with Crippen LogP contribution in [0, 0.1) is 0 Å². The van der Waals surface area contributed by atoms with E-state index in [1.54, 1.807) is 0 Å². The molecule has 1 amide bonds. The maximum atomic E-state index is 11.3. The van der Waals surface area contributed by atoms with Crippen molar-refractivity contribution in [2.75, 3.05) is 0 Å². The van der Waals surface area contributed by atoms with Crippen LogP contribution in [0.4, 0.5) is 4.79 Å². The fraction of sp³-hybridized carbons (Fsp3) is 0.818. The van der Waals surface area contributed by atoms with Gasteiger partial charge in [-0.25, -0.2) is 4.79 Å². The molecule has 0 saturated heterocycles. The third-order valence-electron chi connectivity index (χ3n) is 2.75. The molecule has 0 aromatic rings. The van der Waals surface area contributed by atoms with Crippen LogP contribution in [0.3, 0.4) is 0 Å². The minimum absolute atomic E-state index is 0.135. The summed E-state index contributed by atoms with van der Waals surface area (Å²) in [5, 5.41) is 9.16. The van der Waals surface area contributed by atoms with Crippen LogP contribution >= 0.6 is 0 Å². The van der Waals surface area contributed by atoms with E-state index < -0.39 is 11.6 Å². The van der Waals surface area contributed by atoms with E-state index >= 15 is 0 Å². The van der Waals surface area contributed by atoms with Crippen LogP contribution in [0.2, 0.25) is 0 Å². The van der Waals surface area contributed by atoms with E-state index in [2.05, 4.69) is 0 Å². The molecule has 1 aliphatic rings. The molecule has 0 aliphatic heterocycles. The highest BCUT2D eigenvalue weighted by Gasteiger charge is 2.35. The molecule has 0 bridgehead atoms. The number of ketones is 1. The second-order valence-electron chi connectivity index (χ2n) is 5.11. The number of carboxylic acid groups (broad SMARTS) is 1. The standard InChI is InChI=1S/C11H19NO3/c1-11(2,3)12(10(14)15)8-5-4-6-9(13)7-8/h8H,4-7H2,1-3H3,(H,14,15)/t8-/m0/s1. The molecule has 0 spiro atoms. The summed E-state index contributed by atoms with van der Waals surface area (Å²) in [6, 6.07) is -0.135. The first-order valence-electron chi connectivity index (χ1n) is 5.36. The van der Waals surface area contributed by atoms with Gasteiger partial charge < -0.3 is 10.0 Å². The van der Waals surface area contributed by atoms with Crippen molar-refractivity contribution in [2.24, 2.45) is 0 Å². The largest absolute Gasteiger partial charge is 0.465 e. The smallest absolute Gasteiger partial charge is 0.407 e. The van der Waals surface area contributed by atoms with E-state index in [1.165, 1.54) is 4.90 Å². The number of carbonyl (C=O) groups excluding carboxylic acids is 1. The van der Waals surface area contributed by atoms with E-state index in [0.29, 0.717) is 12.8 Å². The quantitative estimate of drug-likeness (QED) is 0.727. The van der Waals surface area contributed by atoms with Gasteiger partial charge in [-0.15, -0.1) is 0 Å². The Hall–Kier alpha value is -1.06. The van der Waals surface area contributed by atoms with Crippen LogP contribution < -0.4 is 0 Å². The van der Waals surface area contributed by atoms with E-state index in [1.807, 2.05) is 20.8 Å². The monoisotopic (exact) mass is 213 g/mol. The van der Waals surface area contributed by atoms with Gasteiger partial charge in [0.15, 0.2) is 0 Å². The summed E-state index contributed by atoms with van der Waals surface area (Å²) in [4.78, 5) is 23.9. The Morgan fingerprint density at radius 1 is 1.47 bits per heavy atom. The Kier molecular flexibility index (Phi) is 3.37. The molecule has 0 radical (unpaired) electrons. The first-order chi connectivity index (χ1) is 6.82. The molecular weight excluding hydrogens is 194 g/mol. The Bertz CT molecular complexity index is 267. The van der Waals surface area contributed by atoms with E-state index in [-0.39, 0.29) is 11.8 Å². The zero-order valence-corrected chi connectivity index (χ0v) is 9.62. The number of carbonyl (C=O) groups is 2. The Labute approximate surface area is 90.3 Å². The highest BCUT2D eigenvalue weighted by atomic mass is 16.4. The fourth-order valence-corrected chi connectivity index (χ4v) is 2.21. The molecule has 1 rings (SSSR count). The highest BCUT2D eigenvalue weighted by molar-refractivity contribution is 5.80. The first-order valence-corrected chi connectivity index (χ1v) is 5.36. The number of hydrogen-bond donors (Lipinski definition) is 1. The molecule has 86 valence electrons. The van der Waals surface area contributed by atoms with Crippen LogP contribution in [0.25, 0.3) is 0 Å². The molecule has 1 N–H and O–H groups in total. The lowest BCUT2D eigenvalue weighted by molar-refractivity contribution is -0.122. The lowest BCUT2D eigenvalue weighted by Crippen LogP contribution is -2.52. The summed E-state index contributed by atoms with van der Waals surface area (Å²) in [7, 11) is 0. The van der Waals surface area contributed by atoms with Gasteiger partial charge >= 0.3 is 6.09 Å². The summed E-state index contributed by atoms with van der Waals surface area (Å²) in [6.45, 7) is 5.58. The van der Waals surface area contributed by atoms with Gasteiger partial charge in [-0.2, -0.15) is 0 Å². The third-order valence-corrected chi connectivity index (χ3v) is 2.75. The second kappa shape index (κ2) is 4.21. The van der Waals surface area contributed by atoms with E-state index in [0.717, 1.165) is 12.8 Å². The van der Waals surface area contributed by atoms with Crippen molar-refractivity contribution in [3.63, 3.8) is 0 Å². The highest BCUT2D eigenvalue weighted by Crippen LogP contribution is 2.26. The number of nitrogens with zero attached hydrogens (tertiary/aromatic N) is 1. The Morgan fingerprint density at radius 3 is 2.47 bits per heavy atom. The number of amides is 1. The van der Waals surface area contributed by atoms with Crippen LogP contribution in [0.5, 0.6) is 0 Å². The SMILES string of the molecule is CC(C)(C)N(C(=O)O)[C@H]1CCCC(=O)C1. The molecule has 4 heteroatoms. The van der Waals surface area contributed by atoms with Crippen LogP contribution in [0.15, 0.2) is 0 Å². The molecule has 4 nitrogen and oxygen atoms in total. The normalized spacial score (nSPS) is 22.6. The molecule has 1 fully saturated rings. The zero-order valence-electron chi connectivity index (χ0n) is 9.62. The van der Waals surface area contributed by atoms with Crippen molar-refractivity contribution >= 4 is 11.9 Å². The van der Waals surface area contributed by atoms with E-state index in [4.69, 9.17) is 5.11 Å². The lowest BCUT2D eigenvalue weighted by Gasteiger charge is -2.40. The van der Waals surface area contributed by atoms with Gasteiger partial charge in [0.1, 0.15) is 5.78 Å². The summed E-state index contributed by atoms with van der Waals surface area (Å²) in [5.41, 5.74) is -0.436. The van der Waals surface area contributed by atoms with Gasteiger partial charge in [0, 0.05) is 24.4 Å². The first kappa shape index (κ1) is 12.0. The van der Waals surface area contributed by atoms with Crippen molar-refractivity contribution in [3.05, 3.63) is 0 Å². The van der Waals surface area contributed by atoms with Crippen LogP contribution in [0.1, 0.15) is 46.5 Å². The van der Waals surface area contributed by atoms with Gasteiger partial charge in [-0.05, 0) is 33.6 Å². The summed E-state index contributed by atoms with van der Waals surface area (Å²) >= 11 is 0. The molecule has 1 atom stereocenters. The number of hydrogen-bond acceptors (Lipinski definition) is 2. The number of Topliss-reactive ketones (excluding diaryl/α,β-unsaturated/α-hetero) is 1. The molecular formula is C11H19NO3. The summed E-state index contributed by atoms with van der Waals surface area (Å²) in [5.74, 6) is 0.182. The van der Waals surface area contributed by atoms with Gasteiger partial charge in [-0.1, -0.05) is 0 Å². The van der Waals surface area contributed by atoms with Crippen LogP contribution in [-0.4, -0.2) is 33.5 Å². The molecule has 1 saturated carbocycles. The van der Waals surface area contributed by atoms with Crippen molar-refractivity contribution in [3.8, 4) is 0 Å². The second-order valence-corrected chi connectivity index (χ2v) is 5.11. The molecule has 15 heavy (non-hydrogen) atoms. The summed E-state index contributed by atoms with van der Waals surface area (Å²) in [6.07, 6.45) is 1.67. The molecule has 0 unspecified atom stereocenters. The minimum atomic E-state index is -0.929. The third kappa shape index (κ3) is 2.94. The average Bonchev–Trinajstić information content (AvgIpc) is 1.99. The lowest BCUT2D eigenvalue weighted by atomic mass is 9.90. The van der Waals surface area contributed by atoms with Crippen molar-refractivity contribution in [1.29, 1.82) is 0 Å². The predicted octanol–water partition coefficient (Wildman–Crippen LogP) is 2.28. The van der Waals surface area contributed by atoms with Crippen molar-refractivity contribution in [2.45, 2.75) is 58.0 Å².